The standard InChI is InChI=1S/C29H39N5O7/c1-29(2,3)41-28(38)34-16-19-12-22(34)27(37)30-14-25-23(35)8-6-20(40-25)9-10-39-24-11-17(18-13-31-33(4)15-18)5-7-21(24)26(36)32-19/h5,7,11,13,15,19-20,22-23,25,35H,6,8-10,12,14,16H2,1-4H3,(H,30,37)(H,32,36)/t19-,20-,22-,23-,25+/m0/s1. The largest absolute Gasteiger partial charge is 0.493 e. The molecule has 12 heteroatoms. The summed E-state index contributed by atoms with van der Waals surface area (Å²) in [5.74, 6) is -0.334. The van der Waals surface area contributed by atoms with Crippen LogP contribution < -0.4 is 15.4 Å². The molecule has 12 nitrogen and oxygen atoms in total. The maximum absolute atomic E-state index is 13.5. The smallest absolute Gasteiger partial charge is 0.411 e. The Morgan fingerprint density at radius 2 is 1.98 bits per heavy atom. The van der Waals surface area contributed by atoms with Crippen LogP contribution in [0.25, 0.3) is 11.1 Å². The number of nitrogens with one attached hydrogen (secondary N) is 2. The number of amides is 3. The Hall–Kier alpha value is -3.64. The van der Waals surface area contributed by atoms with Gasteiger partial charge in [-0.05, 0) is 57.7 Å². The van der Waals surface area contributed by atoms with Crippen LogP contribution >= 0.6 is 0 Å². The summed E-state index contributed by atoms with van der Waals surface area (Å²) < 4.78 is 19.6. The molecule has 3 aliphatic heterocycles. The molecule has 1 aromatic heterocycles. The van der Waals surface area contributed by atoms with Gasteiger partial charge >= 0.3 is 6.09 Å². The van der Waals surface area contributed by atoms with Crippen molar-refractivity contribution < 1.29 is 33.7 Å². The highest BCUT2D eigenvalue weighted by Crippen LogP contribution is 2.30. The number of benzene rings is 1. The zero-order valence-corrected chi connectivity index (χ0v) is 24.0. The molecule has 2 aromatic rings. The quantitative estimate of drug-likeness (QED) is 0.473. The predicted octanol–water partition coefficient (Wildman–Crippen LogP) is 2.00. The second-order valence-corrected chi connectivity index (χ2v) is 12.0. The normalized spacial score (nSPS) is 27.3. The second kappa shape index (κ2) is 11.7. The predicted molar refractivity (Wildman–Crippen MR) is 148 cm³/mol. The zero-order valence-electron chi connectivity index (χ0n) is 24.0. The first-order valence-corrected chi connectivity index (χ1v) is 14.1. The molecule has 0 aliphatic carbocycles. The van der Waals surface area contributed by atoms with E-state index in [-0.39, 0.29) is 37.4 Å². The summed E-state index contributed by atoms with van der Waals surface area (Å²) in [7, 11) is 1.83. The van der Waals surface area contributed by atoms with E-state index in [0.29, 0.717) is 37.2 Å². The van der Waals surface area contributed by atoms with Crippen LogP contribution in [0, 0.1) is 0 Å². The highest BCUT2D eigenvalue weighted by Gasteiger charge is 2.43. The van der Waals surface area contributed by atoms with Crippen molar-refractivity contribution in [1.29, 1.82) is 0 Å². The molecule has 41 heavy (non-hydrogen) atoms. The first kappa shape index (κ1) is 28.9. The summed E-state index contributed by atoms with van der Waals surface area (Å²) in [6, 6.07) is 4.02. The van der Waals surface area contributed by atoms with Crippen LogP contribution in [0.4, 0.5) is 4.79 Å². The summed E-state index contributed by atoms with van der Waals surface area (Å²) in [6.45, 7) is 5.77. The summed E-state index contributed by atoms with van der Waals surface area (Å²) in [5.41, 5.74) is 1.33. The van der Waals surface area contributed by atoms with Gasteiger partial charge in [-0.1, -0.05) is 6.07 Å². The first-order valence-electron chi connectivity index (χ1n) is 14.1. The van der Waals surface area contributed by atoms with Gasteiger partial charge in [0.1, 0.15) is 23.5 Å². The van der Waals surface area contributed by atoms with E-state index in [2.05, 4.69) is 15.7 Å². The number of hydrogen-bond acceptors (Lipinski definition) is 8. The Morgan fingerprint density at radius 3 is 2.71 bits per heavy atom. The van der Waals surface area contributed by atoms with Crippen LogP contribution in [-0.2, 0) is 21.3 Å². The molecular weight excluding hydrogens is 530 g/mol. The van der Waals surface area contributed by atoms with Crippen molar-refractivity contribution in [1.82, 2.24) is 25.3 Å². The topological polar surface area (TPSA) is 144 Å². The third kappa shape index (κ3) is 6.82. The average molecular weight is 570 g/mol. The molecule has 4 heterocycles. The number of aromatic nitrogens is 2. The van der Waals surface area contributed by atoms with E-state index in [1.54, 1.807) is 37.7 Å². The molecular formula is C29H39N5O7. The third-order valence-electron chi connectivity index (χ3n) is 7.59. The highest BCUT2D eigenvalue weighted by atomic mass is 16.6. The maximum Gasteiger partial charge on any atom is 0.411 e. The SMILES string of the molecule is Cn1cc(-c2ccc3c(c2)OCC[C@@H]2CC[C@H](O)[C@@H](CNC(=O)[C@@H]4C[C@@H](CN4C(=O)OC(C)(C)C)NC3=O)O2)cn1. The van der Waals surface area contributed by atoms with Gasteiger partial charge in [-0.3, -0.25) is 19.2 Å². The van der Waals surface area contributed by atoms with Crippen molar-refractivity contribution >= 4 is 17.9 Å². The number of aliphatic hydroxyl groups excluding tert-OH is 1. The molecule has 0 radical (unpaired) electrons. The minimum absolute atomic E-state index is 0.102. The molecule has 5 atom stereocenters. The van der Waals surface area contributed by atoms with Crippen LogP contribution in [0.3, 0.4) is 0 Å². The fourth-order valence-corrected chi connectivity index (χ4v) is 5.52. The summed E-state index contributed by atoms with van der Waals surface area (Å²) in [6.07, 6.45) is 3.45. The van der Waals surface area contributed by atoms with E-state index in [4.69, 9.17) is 14.2 Å². The van der Waals surface area contributed by atoms with Gasteiger partial charge < -0.3 is 30.0 Å². The molecule has 3 aliphatic rings. The molecule has 2 saturated heterocycles. The van der Waals surface area contributed by atoms with Gasteiger partial charge in [0.15, 0.2) is 0 Å². The number of nitrogens with zero attached hydrogens (tertiary/aromatic N) is 3. The van der Waals surface area contributed by atoms with Crippen LogP contribution in [0.2, 0.25) is 0 Å². The molecule has 0 spiro atoms. The lowest BCUT2D eigenvalue weighted by atomic mass is 9.99. The lowest BCUT2D eigenvalue weighted by Gasteiger charge is -2.34. The Kier molecular flexibility index (Phi) is 8.23. The summed E-state index contributed by atoms with van der Waals surface area (Å²) >= 11 is 0. The Morgan fingerprint density at radius 1 is 1.17 bits per heavy atom. The lowest BCUT2D eigenvalue weighted by Crippen LogP contribution is -2.51. The van der Waals surface area contributed by atoms with Crippen molar-refractivity contribution in [3.8, 4) is 16.9 Å². The van der Waals surface area contributed by atoms with Crippen molar-refractivity contribution in [2.75, 3.05) is 19.7 Å². The molecule has 3 N–H and O–H groups in total. The van der Waals surface area contributed by atoms with E-state index >= 15 is 0 Å². The van der Waals surface area contributed by atoms with Gasteiger partial charge in [0, 0.05) is 44.4 Å². The first-order chi connectivity index (χ1) is 19.5. The number of ether oxygens (including phenoxy) is 3. The number of aliphatic hydroxyl groups is 1. The summed E-state index contributed by atoms with van der Waals surface area (Å²) in [5, 5.41) is 20.6. The fourth-order valence-electron chi connectivity index (χ4n) is 5.52. The van der Waals surface area contributed by atoms with Gasteiger partial charge in [0.25, 0.3) is 5.91 Å². The highest BCUT2D eigenvalue weighted by molar-refractivity contribution is 5.98. The van der Waals surface area contributed by atoms with Crippen molar-refractivity contribution in [3.05, 3.63) is 36.2 Å². The van der Waals surface area contributed by atoms with Crippen molar-refractivity contribution in [3.63, 3.8) is 0 Å². The molecule has 4 bridgehead atoms. The molecule has 1 aromatic carbocycles. The Bertz CT molecular complexity index is 1290. The van der Waals surface area contributed by atoms with Gasteiger partial charge in [-0.2, -0.15) is 5.10 Å². The molecule has 0 unspecified atom stereocenters. The maximum atomic E-state index is 13.5. The van der Waals surface area contributed by atoms with Crippen molar-refractivity contribution in [2.45, 2.75) is 82.5 Å². The second-order valence-electron chi connectivity index (χ2n) is 12.0. The van der Waals surface area contributed by atoms with Crippen LogP contribution in [0.1, 0.15) is 56.8 Å². The van der Waals surface area contributed by atoms with Crippen LogP contribution in [0.5, 0.6) is 5.75 Å². The number of fused-ring (bicyclic) bond motifs is 5. The fraction of sp³-hybridized carbons (Fsp3) is 0.586. The van der Waals surface area contributed by atoms with Gasteiger partial charge in [0.2, 0.25) is 5.91 Å². The number of rotatable bonds is 1. The van der Waals surface area contributed by atoms with E-state index in [1.807, 2.05) is 25.4 Å². The molecule has 3 amide bonds. The van der Waals surface area contributed by atoms with Gasteiger partial charge in [-0.25, -0.2) is 4.79 Å². The minimum Gasteiger partial charge on any atom is -0.493 e. The molecule has 0 saturated carbocycles. The molecule has 222 valence electrons. The number of aryl methyl sites for hydroxylation is 1. The number of carbonyl (C=O) groups excluding carboxylic acids is 3. The van der Waals surface area contributed by atoms with E-state index in [1.165, 1.54) is 4.90 Å². The van der Waals surface area contributed by atoms with Gasteiger partial charge in [0.05, 0.1) is 30.6 Å². The molecule has 2 fully saturated rings. The van der Waals surface area contributed by atoms with Crippen LogP contribution in [0.15, 0.2) is 30.6 Å². The average Bonchev–Trinajstić information content (AvgIpc) is 3.53. The van der Waals surface area contributed by atoms with Gasteiger partial charge in [-0.15, -0.1) is 0 Å². The lowest BCUT2D eigenvalue weighted by molar-refractivity contribution is -0.133. The summed E-state index contributed by atoms with van der Waals surface area (Å²) in [4.78, 5) is 41.3. The van der Waals surface area contributed by atoms with Crippen LogP contribution in [-0.4, -0.2) is 93.4 Å². The minimum atomic E-state index is -0.858. The number of carbonyl (C=O) groups is 3. The van der Waals surface area contributed by atoms with E-state index in [9.17, 15) is 19.5 Å². The number of hydrogen-bond donors (Lipinski definition) is 3. The van der Waals surface area contributed by atoms with E-state index < -0.39 is 36.0 Å². The zero-order chi connectivity index (χ0) is 29.3. The van der Waals surface area contributed by atoms with Crippen molar-refractivity contribution in [2.24, 2.45) is 7.05 Å². The molecule has 5 rings (SSSR count). The third-order valence-corrected chi connectivity index (χ3v) is 7.59. The Balaban J connectivity index is 1.45. The number of likely N-dealkylation sites (tertiary alicyclic amines) is 1. The van der Waals surface area contributed by atoms with E-state index in [0.717, 1.165) is 11.1 Å². The Labute approximate surface area is 239 Å². The monoisotopic (exact) mass is 569 g/mol.